The molecule has 1 aromatic carbocycles. The van der Waals surface area contributed by atoms with Crippen molar-refractivity contribution in [3.8, 4) is 0 Å². The number of hydrogen-bond donors (Lipinski definition) is 1. The largest absolute Gasteiger partial charge is 0.418 e. The molecule has 0 heterocycles. The molecule has 7 heteroatoms. The number of nitrogens with one attached hydrogen (secondary N) is 1. The minimum absolute atomic E-state index is 0.0387. The van der Waals surface area contributed by atoms with E-state index in [1.54, 1.807) is 18.8 Å². The Morgan fingerprint density at radius 1 is 1.43 bits per heavy atom. The van der Waals surface area contributed by atoms with Gasteiger partial charge in [-0.2, -0.15) is 24.9 Å². The van der Waals surface area contributed by atoms with E-state index >= 15 is 0 Å². The third-order valence-electron chi connectivity index (χ3n) is 3.23. The third kappa shape index (κ3) is 4.30. The Bertz CT molecular complexity index is 505. The first kappa shape index (κ1) is 17.7. The van der Waals surface area contributed by atoms with Crippen LogP contribution >= 0.6 is 11.8 Å². The summed E-state index contributed by atoms with van der Waals surface area (Å²) in [6, 6.07) is 3.54. The van der Waals surface area contributed by atoms with Crippen LogP contribution in [0.5, 0.6) is 0 Å². The van der Waals surface area contributed by atoms with Gasteiger partial charge in [-0.3, -0.25) is 4.79 Å². The number of anilines is 1. The lowest BCUT2D eigenvalue weighted by molar-refractivity contribution is -0.136. The fourth-order valence-corrected chi connectivity index (χ4v) is 2.59. The zero-order valence-electron chi connectivity index (χ0n) is 12.4. The molecule has 1 N–H and O–H groups in total. The van der Waals surface area contributed by atoms with E-state index in [0.717, 1.165) is 11.8 Å². The Morgan fingerprint density at radius 2 is 2.05 bits per heavy atom. The molecular weight excluding hydrogens is 301 g/mol. The number of carbonyl (C=O) groups is 1. The van der Waals surface area contributed by atoms with E-state index in [4.69, 9.17) is 0 Å². The van der Waals surface area contributed by atoms with Gasteiger partial charge in [-0.25, -0.2) is 0 Å². The van der Waals surface area contributed by atoms with E-state index in [1.165, 1.54) is 24.1 Å². The van der Waals surface area contributed by atoms with Crippen molar-refractivity contribution in [1.29, 1.82) is 0 Å². The number of amides is 1. The number of alkyl halides is 3. The molecular formula is C14H19F3N2OS. The van der Waals surface area contributed by atoms with Gasteiger partial charge in [0.2, 0.25) is 0 Å². The average Bonchev–Trinajstić information content (AvgIpc) is 2.44. The Kier molecular flexibility index (Phi) is 5.95. The van der Waals surface area contributed by atoms with Gasteiger partial charge in [-0.15, -0.1) is 0 Å². The van der Waals surface area contributed by atoms with Gasteiger partial charge < -0.3 is 10.2 Å². The lowest BCUT2D eigenvalue weighted by Crippen LogP contribution is -2.36. The van der Waals surface area contributed by atoms with Gasteiger partial charge in [0.1, 0.15) is 0 Å². The van der Waals surface area contributed by atoms with Gasteiger partial charge in [0.05, 0.1) is 5.56 Å². The normalized spacial score (nSPS) is 12.9. The van der Waals surface area contributed by atoms with Crippen LogP contribution in [0.4, 0.5) is 18.9 Å². The number of halogens is 3. The Labute approximate surface area is 126 Å². The van der Waals surface area contributed by atoms with Crippen molar-refractivity contribution in [1.82, 2.24) is 4.90 Å². The van der Waals surface area contributed by atoms with Crippen LogP contribution in [-0.2, 0) is 6.18 Å². The summed E-state index contributed by atoms with van der Waals surface area (Å²) in [5.41, 5.74) is -0.836. The maximum atomic E-state index is 13.0. The van der Waals surface area contributed by atoms with Crippen LogP contribution in [-0.4, -0.2) is 43.0 Å². The smallest absolute Gasteiger partial charge is 0.388 e. The molecule has 1 amide bonds. The summed E-state index contributed by atoms with van der Waals surface area (Å²) in [5, 5.41) is 2.49. The highest BCUT2D eigenvalue weighted by molar-refractivity contribution is 7.98. The van der Waals surface area contributed by atoms with Crippen LogP contribution in [0.2, 0.25) is 0 Å². The minimum atomic E-state index is -4.50. The number of carbonyl (C=O) groups excluding carboxylic acids is 1. The van der Waals surface area contributed by atoms with Crippen LogP contribution in [0.25, 0.3) is 0 Å². The Hall–Kier alpha value is -1.37. The van der Waals surface area contributed by atoms with Crippen LogP contribution in [0.15, 0.2) is 18.2 Å². The molecule has 0 aliphatic carbocycles. The van der Waals surface area contributed by atoms with Gasteiger partial charge in [0.15, 0.2) is 0 Å². The highest BCUT2D eigenvalue weighted by atomic mass is 32.2. The molecule has 0 saturated heterocycles. The molecule has 0 aliphatic heterocycles. The number of benzene rings is 1. The van der Waals surface area contributed by atoms with E-state index in [2.05, 4.69) is 5.32 Å². The number of rotatable bonds is 5. The van der Waals surface area contributed by atoms with E-state index in [1.807, 2.05) is 13.2 Å². The molecule has 1 unspecified atom stereocenters. The number of nitrogens with zero attached hydrogens (tertiary/aromatic N) is 1. The molecule has 21 heavy (non-hydrogen) atoms. The minimum Gasteiger partial charge on any atom is -0.388 e. The van der Waals surface area contributed by atoms with E-state index in [-0.39, 0.29) is 17.3 Å². The van der Waals surface area contributed by atoms with Gasteiger partial charge in [-0.05, 0) is 31.4 Å². The van der Waals surface area contributed by atoms with Gasteiger partial charge in [0.25, 0.3) is 5.91 Å². The van der Waals surface area contributed by atoms with Crippen molar-refractivity contribution < 1.29 is 18.0 Å². The summed E-state index contributed by atoms with van der Waals surface area (Å²) in [4.78, 5) is 13.7. The summed E-state index contributed by atoms with van der Waals surface area (Å²) in [6.07, 6.45) is -2.59. The van der Waals surface area contributed by atoms with Gasteiger partial charge >= 0.3 is 6.18 Å². The van der Waals surface area contributed by atoms with Crippen LogP contribution in [0.1, 0.15) is 22.8 Å². The summed E-state index contributed by atoms with van der Waals surface area (Å²) < 4.78 is 39.0. The molecule has 0 saturated carbocycles. The highest BCUT2D eigenvalue weighted by Gasteiger charge is 2.34. The van der Waals surface area contributed by atoms with E-state index in [9.17, 15) is 18.0 Å². The molecule has 0 bridgehead atoms. The first-order valence-corrected chi connectivity index (χ1v) is 7.76. The zero-order chi connectivity index (χ0) is 16.2. The van der Waals surface area contributed by atoms with Crippen molar-refractivity contribution in [3.05, 3.63) is 29.3 Å². The predicted molar refractivity (Wildman–Crippen MR) is 80.9 cm³/mol. The van der Waals surface area contributed by atoms with Crippen molar-refractivity contribution >= 4 is 23.4 Å². The summed E-state index contributed by atoms with van der Waals surface area (Å²) in [6.45, 7) is 1.86. The fraction of sp³-hybridized carbons (Fsp3) is 0.500. The second kappa shape index (κ2) is 7.06. The van der Waals surface area contributed by atoms with Gasteiger partial charge in [0, 0.05) is 37.1 Å². The molecule has 0 radical (unpaired) electrons. The zero-order valence-corrected chi connectivity index (χ0v) is 13.2. The molecule has 0 aromatic heterocycles. The predicted octanol–water partition coefficient (Wildman–Crippen LogP) is 3.57. The maximum Gasteiger partial charge on any atom is 0.418 e. The van der Waals surface area contributed by atoms with Crippen LogP contribution < -0.4 is 5.32 Å². The Morgan fingerprint density at radius 3 is 2.52 bits per heavy atom. The van der Waals surface area contributed by atoms with Crippen LogP contribution in [0.3, 0.4) is 0 Å². The standard InChI is InChI=1S/C14H19F3N2OS/c1-9(8-21-4)19(3)13(20)10-5-6-12(18-2)11(7-10)14(15,16)17/h5-7,9,18H,8H2,1-4H3. The molecule has 1 atom stereocenters. The maximum absolute atomic E-state index is 13.0. The quantitative estimate of drug-likeness (QED) is 0.900. The highest BCUT2D eigenvalue weighted by Crippen LogP contribution is 2.35. The molecule has 118 valence electrons. The third-order valence-corrected chi connectivity index (χ3v) is 4.05. The Balaban J connectivity index is 3.12. The van der Waals surface area contributed by atoms with Crippen LogP contribution in [0, 0.1) is 0 Å². The molecule has 0 spiro atoms. The SMILES string of the molecule is CNc1ccc(C(=O)N(C)C(C)CSC)cc1C(F)(F)F. The second-order valence-electron chi connectivity index (χ2n) is 4.73. The lowest BCUT2D eigenvalue weighted by Gasteiger charge is -2.25. The molecule has 3 nitrogen and oxygen atoms in total. The molecule has 0 aliphatic rings. The first-order chi connectivity index (χ1) is 9.72. The monoisotopic (exact) mass is 320 g/mol. The first-order valence-electron chi connectivity index (χ1n) is 6.37. The van der Waals surface area contributed by atoms with E-state index < -0.39 is 17.6 Å². The van der Waals surface area contributed by atoms with Crippen molar-refractivity contribution in [3.63, 3.8) is 0 Å². The van der Waals surface area contributed by atoms with Crippen molar-refractivity contribution in [2.24, 2.45) is 0 Å². The number of hydrogen-bond acceptors (Lipinski definition) is 3. The van der Waals surface area contributed by atoms with Gasteiger partial charge in [-0.1, -0.05) is 0 Å². The summed E-state index contributed by atoms with van der Waals surface area (Å²) >= 11 is 1.58. The van der Waals surface area contributed by atoms with Crippen molar-refractivity contribution in [2.45, 2.75) is 19.1 Å². The summed E-state index contributed by atoms with van der Waals surface area (Å²) in [7, 11) is 3.02. The lowest BCUT2D eigenvalue weighted by atomic mass is 10.1. The fourth-order valence-electron chi connectivity index (χ4n) is 1.89. The topological polar surface area (TPSA) is 32.3 Å². The number of thioether (sulfide) groups is 1. The molecule has 0 fully saturated rings. The molecule has 1 rings (SSSR count). The summed E-state index contributed by atoms with van der Waals surface area (Å²) in [5.74, 6) is 0.313. The second-order valence-corrected chi connectivity index (χ2v) is 5.64. The average molecular weight is 320 g/mol. The van der Waals surface area contributed by atoms with E-state index in [0.29, 0.717) is 0 Å². The molecule has 1 aromatic rings. The van der Waals surface area contributed by atoms with Crippen molar-refractivity contribution in [2.75, 3.05) is 31.4 Å².